The molecular weight excluding hydrogens is 393 g/mol. The highest BCUT2D eigenvalue weighted by Crippen LogP contribution is 2.33. The highest BCUT2D eigenvalue weighted by molar-refractivity contribution is 7.18. The van der Waals surface area contributed by atoms with Crippen LogP contribution in [0.1, 0.15) is 5.69 Å². The zero-order valence-electron chi connectivity index (χ0n) is 14.7. The van der Waals surface area contributed by atoms with Gasteiger partial charge in [0.1, 0.15) is 10.7 Å². The van der Waals surface area contributed by atoms with Gasteiger partial charge in [-0.05, 0) is 13.0 Å². The zero-order chi connectivity index (χ0) is 20.3. The van der Waals surface area contributed by atoms with Crippen molar-refractivity contribution >= 4 is 17.2 Å². The molecule has 1 aromatic carbocycles. The predicted octanol–water partition coefficient (Wildman–Crippen LogP) is 3.02. The highest BCUT2D eigenvalue weighted by atomic mass is 32.1. The number of nitrogens with zero attached hydrogens (tertiary/aromatic N) is 3. The molecule has 0 aliphatic heterocycles. The second-order valence-corrected chi connectivity index (χ2v) is 6.83. The van der Waals surface area contributed by atoms with E-state index in [4.69, 9.17) is 0 Å². The maximum Gasteiger partial charge on any atom is 0.471 e. The molecule has 1 amide bonds. The fraction of sp³-hybridized carbons (Fsp3) is 0.222. The minimum Gasteiger partial charge on any atom is -0.346 e. The van der Waals surface area contributed by atoms with Crippen LogP contribution in [0.2, 0.25) is 0 Å². The van der Waals surface area contributed by atoms with Crippen molar-refractivity contribution in [2.24, 2.45) is 0 Å². The molecule has 3 aromatic rings. The smallest absolute Gasteiger partial charge is 0.346 e. The van der Waals surface area contributed by atoms with Crippen LogP contribution >= 0.6 is 11.3 Å². The Morgan fingerprint density at radius 1 is 1.18 bits per heavy atom. The van der Waals surface area contributed by atoms with E-state index in [1.165, 1.54) is 17.4 Å². The van der Waals surface area contributed by atoms with Gasteiger partial charge in [0.25, 0.3) is 5.56 Å². The van der Waals surface area contributed by atoms with Gasteiger partial charge >= 0.3 is 12.1 Å². The molecule has 0 bridgehead atoms. The summed E-state index contributed by atoms with van der Waals surface area (Å²) < 4.78 is 37.7. The molecule has 10 heteroatoms. The fourth-order valence-corrected chi connectivity index (χ4v) is 3.48. The van der Waals surface area contributed by atoms with Crippen LogP contribution in [0.5, 0.6) is 0 Å². The summed E-state index contributed by atoms with van der Waals surface area (Å²) in [7, 11) is 0. The molecule has 0 aliphatic carbocycles. The van der Waals surface area contributed by atoms with Gasteiger partial charge in [0.05, 0.1) is 17.1 Å². The summed E-state index contributed by atoms with van der Waals surface area (Å²) in [6.07, 6.45) is -4.96. The molecule has 0 saturated heterocycles. The van der Waals surface area contributed by atoms with Gasteiger partial charge in [0.15, 0.2) is 0 Å². The van der Waals surface area contributed by atoms with Gasteiger partial charge in [-0.1, -0.05) is 30.3 Å². The Labute approximate surface area is 161 Å². The summed E-state index contributed by atoms with van der Waals surface area (Å²) in [5.41, 5.74) is 1.69. The number of hydrogen-bond acceptors (Lipinski definition) is 5. The summed E-state index contributed by atoms with van der Waals surface area (Å²) in [5.74, 6) is -2.05. The number of carbonyl (C=O) groups excluding carboxylic acids is 1. The van der Waals surface area contributed by atoms with Crippen LogP contribution < -0.4 is 10.9 Å². The SMILES string of the molecule is Cc1nc(-c2ccccc2)sc1-c1ccc(=O)n(CCNC(=O)C(F)(F)F)n1. The number of rotatable bonds is 5. The number of carbonyl (C=O) groups is 1. The molecule has 0 spiro atoms. The summed E-state index contributed by atoms with van der Waals surface area (Å²) in [4.78, 5) is 28.1. The average Bonchev–Trinajstić information content (AvgIpc) is 3.05. The number of benzene rings is 1. The summed E-state index contributed by atoms with van der Waals surface area (Å²) in [6.45, 7) is 1.27. The standard InChI is InChI=1S/C18H15F3N4O2S/c1-11-15(28-16(23-11)12-5-3-2-4-6-12)13-7-8-14(26)25(24-13)10-9-22-17(27)18(19,20)21/h2-8H,9-10H2,1H3,(H,22,27). The van der Waals surface area contributed by atoms with Crippen molar-refractivity contribution < 1.29 is 18.0 Å². The second-order valence-electron chi connectivity index (χ2n) is 5.83. The summed E-state index contributed by atoms with van der Waals surface area (Å²) >= 11 is 1.40. The van der Waals surface area contributed by atoms with Crippen LogP contribution in [0.15, 0.2) is 47.3 Å². The molecule has 2 heterocycles. The lowest BCUT2D eigenvalue weighted by atomic mass is 10.2. The zero-order valence-corrected chi connectivity index (χ0v) is 15.5. The summed E-state index contributed by atoms with van der Waals surface area (Å²) in [6, 6.07) is 12.4. The molecule has 6 nitrogen and oxygen atoms in total. The molecule has 0 saturated carbocycles. The first-order valence-electron chi connectivity index (χ1n) is 8.22. The van der Waals surface area contributed by atoms with E-state index in [1.54, 1.807) is 11.4 Å². The lowest BCUT2D eigenvalue weighted by Crippen LogP contribution is -2.39. The van der Waals surface area contributed by atoms with Crippen molar-refractivity contribution in [3.63, 3.8) is 0 Å². The Bertz CT molecular complexity index is 1040. The van der Waals surface area contributed by atoms with Gasteiger partial charge in [-0.15, -0.1) is 11.3 Å². The van der Waals surface area contributed by atoms with Crippen molar-refractivity contribution in [2.45, 2.75) is 19.6 Å². The van der Waals surface area contributed by atoms with E-state index in [-0.39, 0.29) is 13.1 Å². The number of nitrogens with one attached hydrogen (secondary N) is 1. The number of thiazole rings is 1. The normalized spacial score (nSPS) is 11.4. The van der Waals surface area contributed by atoms with Gasteiger partial charge < -0.3 is 5.32 Å². The van der Waals surface area contributed by atoms with Crippen molar-refractivity contribution in [2.75, 3.05) is 6.54 Å². The second kappa shape index (κ2) is 7.93. The molecule has 0 radical (unpaired) electrons. The van der Waals surface area contributed by atoms with Crippen molar-refractivity contribution in [3.05, 3.63) is 58.5 Å². The van der Waals surface area contributed by atoms with Crippen molar-refractivity contribution in [1.82, 2.24) is 20.1 Å². The van der Waals surface area contributed by atoms with E-state index >= 15 is 0 Å². The van der Waals surface area contributed by atoms with Crippen LogP contribution in [0.3, 0.4) is 0 Å². The number of amides is 1. The third kappa shape index (κ3) is 4.45. The van der Waals surface area contributed by atoms with Gasteiger partial charge in [-0.25, -0.2) is 9.67 Å². The lowest BCUT2D eigenvalue weighted by molar-refractivity contribution is -0.173. The van der Waals surface area contributed by atoms with Crippen LogP contribution in [0.4, 0.5) is 13.2 Å². The van der Waals surface area contributed by atoms with Gasteiger partial charge in [0, 0.05) is 18.2 Å². The monoisotopic (exact) mass is 408 g/mol. The van der Waals surface area contributed by atoms with E-state index < -0.39 is 17.6 Å². The van der Waals surface area contributed by atoms with Crippen LogP contribution in [0, 0.1) is 6.92 Å². The minimum atomic E-state index is -4.96. The number of aromatic nitrogens is 3. The Hall–Kier alpha value is -3.01. The Balaban J connectivity index is 1.81. The summed E-state index contributed by atoms with van der Waals surface area (Å²) in [5, 5.41) is 6.73. The predicted molar refractivity (Wildman–Crippen MR) is 98.8 cm³/mol. The first-order valence-corrected chi connectivity index (χ1v) is 9.04. The van der Waals surface area contributed by atoms with Crippen LogP contribution in [-0.2, 0) is 11.3 Å². The number of alkyl halides is 3. The number of halogens is 3. The van der Waals surface area contributed by atoms with Crippen LogP contribution in [-0.4, -0.2) is 33.4 Å². The number of hydrogen-bond donors (Lipinski definition) is 1. The molecule has 3 rings (SSSR count). The molecule has 0 unspecified atom stereocenters. The minimum absolute atomic E-state index is 0.183. The Morgan fingerprint density at radius 2 is 1.89 bits per heavy atom. The maximum absolute atomic E-state index is 12.2. The van der Waals surface area contributed by atoms with E-state index in [2.05, 4.69) is 10.1 Å². The fourth-order valence-electron chi connectivity index (χ4n) is 2.44. The van der Waals surface area contributed by atoms with Gasteiger partial charge in [0.2, 0.25) is 0 Å². The highest BCUT2D eigenvalue weighted by Gasteiger charge is 2.38. The van der Waals surface area contributed by atoms with Gasteiger partial charge in [-0.3, -0.25) is 9.59 Å². The van der Waals surface area contributed by atoms with Crippen molar-refractivity contribution in [1.29, 1.82) is 0 Å². The van der Waals surface area contributed by atoms with E-state index in [0.29, 0.717) is 5.69 Å². The van der Waals surface area contributed by atoms with E-state index in [1.807, 2.05) is 37.3 Å². The first-order chi connectivity index (χ1) is 13.3. The molecule has 0 aliphatic rings. The molecule has 28 heavy (non-hydrogen) atoms. The van der Waals surface area contributed by atoms with Crippen molar-refractivity contribution in [3.8, 4) is 21.1 Å². The Morgan fingerprint density at radius 3 is 2.57 bits per heavy atom. The molecule has 0 fully saturated rings. The maximum atomic E-state index is 12.2. The largest absolute Gasteiger partial charge is 0.471 e. The molecule has 0 atom stereocenters. The molecule has 2 aromatic heterocycles. The molecular formula is C18H15F3N4O2S. The molecule has 146 valence electrons. The average molecular weight is 408 g/mol. The Kier molecular flexibility index (Phi) is 5.59. The lowest BCUT2D eigenvalue weighted by Gasteiger charge is -2.09. The molecule has 1 N–H and O–H groups in total. The van der Waals surface area contributed by atoms with E-state index in [9.17, 15) is 22.8 Å². The first kappa shape index (κ1) is 19.7. The topological polar surface area (TPSA) is 76.9 Å². The van der Waals surface area contributed by atoms with Crippen LogP contribution in [0.25, 0.3) is 21.1 Å². The van der Waals surface area contributed by atoms with E-state index in [0.717, 1.165) is 25.8 Å². The number of aryl methyl sites for hydroxylation is 1. The third-order valence-corrected chi connectivity index (χ3v) is 5.01. The quantitative estimate of drug-likeness (QED) is 0.704. The third-order valence-electron chi connectivity index (χ3n) is 3.78. The van der Waals surface area contributed by atoms with Gasteiger partial charge in [-0.2, -0.15) is 18.3 Å².